The number of nitrogens with zero attached hydrogens (tertiary/aromatic N) is 1. The van der Waals surface area contributed by atoms with Crippen LogP contribution in [0.15, 0.2) is 72.8 Å². The molecule has 1 aliphatic heterocycles. The van der Waals surface area contributed by atoms with Crippen LogP contribution in [0.2, 0.25) is 0 Å². The molecule has 0 aromatic heterocycles. The molecule has 0 fully saturated rings. The maximum atomic E-state index is 13.4. The highest BCUT2D eigenvalue weighted by Crippen LogP contribution is 2.37. The van der Waals surface area contributed by atoms with E-state index in [0.717, 1.165) is 23.4 Å². The molecular formula is C27H30N2O2. The van der Waals surface area contributed by atoms with Crippen LogP contribution < -0.4 is 15.0 Å². The average Bonchev–Trinajstić information content (AvgIpc) is 2.80. The number of aryl methyl sites for hydroxylation is 1. The average molecular weight is 415 g/mol. The van der Waals surface area contributed by atoms with Gasteiger partial charge in [0.2, 0.25) is 0 Å². The predicted molar refractivity (Wildman–Crippen MR) is 127 cm³/mol. The number of fused-ring (bicyclic) bond motifs is 1. The Morgan fingerprint density at radius 3 is 2.32 bits per heavy atom. The first-order valence-electron chi connectivity index (χ1n) is 11.0. The third kappa shape index (κ3) is 4.58. The Morgan fingerprint density at radius 2 is 1.65 bits per heavy atom. The number of ether oxygens (including phenoxy) is 1. The fraction of sp³-hybridized carbons (Fsp3) is 0.296. The molecular weight excluding hydrogens is 384 g/mol. The smallest absolute Gasteiger partial charge is 0.192 e. The van der Waals surface area contributed by atoms with E-state index in [-0.39, 0.29) is 5.78 Å². The van der Waals surface area contributed by atoms with Gasteiger partial charge in [-0.25, -0.2) is 0 Å². The monoisotopic (exact) mass is 414 g/mol. The lowest BCUT2D eigenvalue weighted by molar-refractivity contribution is 0.0812. The second-order valence-electron chi connectivity index (χ2n) is 8.31. The van der Waals surface area contributed by atoms with Crippen molar-refractivity contribution < 1.29 is 9.53 Å². The van der Waals surface area contributed by atoms with Crippen molar-refractivity contribution in [2.24, 2.45) is 0 Å². The van der Waals surface area contributed by atoms with Gasteiger partial charge in [-0.3, -0.25) is 4.79 Å². The first-order chi connectivity index (χ1) is 15.1. The first-order valence-corrected chi connectivity index (χ1v) is 11.0. The molecule has 4 heteroatoms. The zero-order valence-electron chi connectivity index (χ0n) is 18.5. The molecule has 2 atom stereocenters. The highest BCUT2D eigenvalue weighted by Gasteiger charge is 2.38. The third-order valence-electron chi connectivity index (χ3n) is 5.82. The molecule has 0 aliphatic carbocycles. The zero-order chi connectivity index (χ0) is 21.8. The van der Waals surface area contributed by atoms with Crippen molar-refractivity contribution in [1.82, 2.24) is 0 Å². The largest absolute Gasteiger partial charge is 0.482 e. The quantitative estimate of drug-likeness (QED) is 0.523. The fourth-order valence-corrected chi connectivity index (χ4v) is 3.97. The van der Waals surface area contributed by atoms with Gasteiger partial charge < -0.3 is 15.0 Å². The van der Waals surface area contributed by atoms with Gasteiger partial charge >= 0.3 is 0 Å². The van der Waals surface area contributed by atoms with Gasteiger partial charge in [0.05, 0.1) is 5.56 Å². The highest BCUT2D eigenvalue weighted by molar-refractivity contribution is 6.05. The molecule has 0 spiro atoms. The van der Waals surface area contributed by atoms with E-state index < -0.39 is 12.1 Å². The summed E-state index contributed by atoms with van der Waals surface area (Å²) in [5.41, 5.74) is 4.96. The van der Waals surface area contributed by atoms with Crippen LogP contribution in [-0.4, -0.2) is 25.9 Å². The number of benzene rings is 3. The van der Waals surface area contributed by atoms with E-state index in [1.807, 2.05) is 50.5 Å². The van der Waals surface area contributed by atoms with Crippen LogP contribution in [-0.2, 0) is 6.42 Å². The lowest BCUT2D eigenvalue weighted by Crippen LogP contribution is -2.42. The van der Waals surface area contributed by atoms with Crippen molar-refractivity contribution in [3.8, 4) is 5.75 Å². The normalized spacial score (nSPS) is 17.6. The molecule has 4 rings (SSSR count). The number of rotatable bonds is 7. The second kappa shape index (κ2) is 9.25. The maximum Gasteiger partial charge on any atom is 0.192 e. The molecule has 4 nitrogen and oxygen atoms in total. The maximum absolute atomic E-state index is 13.4. The van der Waals surface area contributed by atoms with Crippen LogP contribution in [0.25, 0.3) is 0 Å². The Hall–Kier alpha value is -3.27. The standard InChI is InChI=1S/C27H30N2O2/c1-4-5-8-19-11-15-21(16-12-19)28-25-26(30)23-9-6-7-10-24(23)31-27(25)20-13-17-22(18-14-20)29(2)3/h6-7,9-18,25,27-28H,4-5,8H2,1-3H3. The predicted octanol–water partition coefficient (Wildman–Crippen LogP) is 5.89. The molecule has 3 aromatic carbocycles. The number of ketones is 1. The molecule has 2 unspecified atom stereocenters. The van der Waals surface area contributed by atoms with Gasteiger partial charge in [0, 0.05) is 25.5 Å². The lowest BCUT2D eigenvalue weighted by atomic mass is 9.91. The number of carbonyl (C=O) groups excluding carboxylic acids is 1. The van der Waals surface area contributed by atoms with Crippen molar-refractivity contribution in [2.75, 3.05) is 24.3 Å². The van der Waals surface area contributed by atoms with Gasteiger partial charge in [-0.1, -0.05) is 49.7 Å². The van der Waals surface area contributed by atoms with Gasteiger partial charge in [0.1, 0.15) is 11.8 Å². The number of anilines is 2. The second-order valence-corrected chi connectivity index (χ2v) is 8.31. The SMILES string of the molecule is CCCCc1ccc(NC2C(=O)c3ccccc3OC2c2ccc(N(C)C)cc2)cc1. The number of para-hydroxylation sites is 1. The van der Waals surface area contributed by atoms with Crippen LogP contribution in [0, 0.1) is 0 Å². The molecule has 0 saturated heterocycles. The summed E-state index contributed by atoms with van der Waals surface area (Å²) in [5, 5.41) is 3.46. The van der Waals surface area contributed by atoms with Gasteiger partial charge in [0.25, 0.3) is 0 Å². The van der Waals surface area contributed by atoms with Gasteiger partial charge in [-0.15, -0.1) is 0 Å². The molecule has 0 amide bonds. The van der Waals surface area contributed by atoms with Crippen molar-refractivity contribution in [1.29, 1.82) is 0 Å². The highest BCUT2D eigenvalue weighted by atomic mass is 16.5. The van der Waals surface area contributed by atoms with Gasteiger partial charge in [0.15, 0.2) is 11.9 Å². The topological polar surface area (TPSA) is 41.6 Å². The Bertz CT molecular complexity index is 1030. The molecule has 1 heterocycles. The minimum absolute atomic E-state index is 0.0543. The van der Waals surface area contributed by atoms with Crippen LogP contribution >= 0.6 is 0 Å². The molecule has 0 bridgehead atoms. The summed E-state index contributed by atoms with van der Waals surface area (Å²) in [6.45, 7) is 2.20. The van der Waals surface area contributed by atoms with Crippen LogP contribution in [0.5, 0.6) is 5.75 Å². The van der Waals surface area contributed by atoms with E-state index in [1.54, 1.807) is 0 Å². The third-order valence-corrected chi connectivity index (χ3v) is 5.82. The number of hydrogen-bond donors (Lipinski definition) is 1. The fourth-order valence-electron chi connectivity index (χ4n) is 3.97. The minimum Gasteiger partial charge on any atom is -0.482 e. The summed E-state index contributed by atoms with van der Waals surface area (Å²) in [6.07, 6.45) is 3.04. The zero-order valence-corrected chi connectivity index (χ0v) is 18.5. The van der Waals surface area contributed by atoms with Gasteiger partial charge in [-0.05, 0) is 60.4 Å². The van der Waals surface area contributed by atoms with E-state index in [1.165, 1.54) is 18.4 Å². The molecule has 0 saturated carbocycles. The molecule has 160 valence electrons. The van der Waals surface area contributed by atoms with Crippen molar-refractivity contribution in [3.63, 3.8) is 0 Å². The van der Waals surface area contributed by atoms with Crippen molar-refractivity contribution in [2.45, 2.75) is 38.3 Å². The van der Waals surface area contributed by atoms with E-state index in [9.17, 15) is 4.79 Å². The summed E-state index contributed by atoms with van der Waals surface area (Å²) in [5.74, 6) is 0.695. The molecule has 3 aromatic rings. The van der Waals surface area contributed by atoms with E-state index in [0.29, 0.717) is 11.3 Å². The van der Waals surface area contributed by atoms with E-state index in [2.05, 4.69) is 53.5 Å². The van der Waals surface area contributed by atoms with Crippen molar-refractivity contribution >= 4 is 17.2 Å². The van der Waals surface area contributed by atoms with E-state index in [4.69, 9.17) is 4.74 Å². The van der Waals surface area contributed by atoms with Crippen molar-refractivity contribution in [3.05, 3.63) is 89.5 Å². The summed E-state index contributed by atoms with van der Waals surface area (Å²) >= 11 is 0. The van der Waals surface area contributed by atoms with Gasteiger partial charge in [-0.2, -0.15) is 0 Å². The minimum atomic E-state index is -0.499. The summed E-state index contributed by atoms with van der Waals surface area (Å²) in [4.78, 5) is 15.5. The molecule has 31 heavy (non-hydrogen) atoms. The Labute approximate surface area is 184 Å². The Balaban J connectivity index is 1.64. The number of nitrogens with one attached hydrogen (secondary N) is 1. The summed E-state index contributed by atoms with van der Waals surface area (Å²) < 4.78 is 6.35. The first kappa shape index (κ1) is 21.0. The number of unbranched alkanes of at least 4 members (excludes halogenated alkanes) is 1. The molecule has 1 N–H and O–H groups in total. The lowest BCUT2D eigenvalue weighted by Gasteiger charge is -2.34. The molecule has 0 radical (unpaired) electrons. The summed E-state index contributed by atoms with van der Waals surface area (Å²) in [7, 11) is 4.03. The van der Waals surface area contributed by atoms with E-state index >= 15 is 0 Å². The molecule has 1 aliphatic rings. The van der Waals surface area contributed by atoms with Crippen LogP contribution in [0.4, 0.5) is 11.4 Å². The number of carbonyl (C=O) groups is 1. The summed E-state index contributed by atoms with van der Waals surface area (Å²) in [6, 6.07) is 23.6. The Kier molecular flexibility index (Phi) is 6.26. The number of Topliss-reactive ketones (excluding diaryl/α,β-unsaturated/α-hetero) is 1. The number of hydrogen-bond acceptors (Lipinski definition) is 4. The van der Waals surface area contributed by atoms with Crippen LogP contribution in [0.1, 0.15) is 47.4 Å². The Morgan fingerprint density at radius 1 is 0.935 bits per heavy atom. The van der Waals surface area contributed by atoms with Crippen LogP contribution in [0.3, 0.4) is 0 Å².